The Balaban J connectivity index is 1.75. The highest BCUT2D eigenvalue weighted by molar-refractivity contribution is 5.59. The van der Waals surface area contributed by atoms with Crippen LogP contribution in [-0.4, -0.2) is 58.3 Å². The zero-order valence-corrected chi connectivity index (χ0v) is 20.8. The molecule has 4 rings (SSSR count). The van der Waals surface area contributed by atoms with E-state index < -0.39 is 23.7 Å². The van der Waals surface area contributed by atoms with Gasteiger partial charge in [0.05, 0.1) is 25.9 Å². The lowest BCUT2D eigenvalue weighted by Crippen LogP contribution is -2.18. The Hall–Kier alpha value is -5.45. The lowest BCUT2D eigenvalue weighted by Gasteiger charge is -2.21. The molecular weight excluding hydrogens is 513 g/mol. The number of rotatable bonds is 10. The molecule has 0 aliphatic rings. The van der Waals surface area contributed by atoms with Gasteiger partial charge < -0.3 is 24.3 Å². The highest BCUT2D eigenvalue weighted by Crippen LogP contribution is 2.35. The van der Waals surface area contributed by atoms with Gasteiger partial charge in [-0.1, -0.05) is 0 Å². The molecule has 0 aliphatic heterocycles. The molecule has 1 atom stereocenters. The molecule has 4 aromatic rings. The van der Waals surface area contributed by atoms with E-state index in [1.54, 1.807) is 30.3 Å². The topological polar surface area (TPSA) is 166 Å². The maximum absolute atomic E-state index is 15.9. The van der Waals surface area contributed by atoms with Crippen molar-refractivity contribution in [2.24, 2.45) is 0 Å². The van der Waals surface area contributed by atoms with Gasteiger partial charge in [-0.2, -0.15) is 5.26 Å². The van der Waals surface area contributed by atoms with Crippen molar-refractivity contribution >= 4 is 11.8 Å². The fourth-order valence-corrected chi connectivity index (χ4v) is 3.47. The van der Waals surface area contributed by atoms with Crippen LogP contribution in [0.5, 0.6) is 11.5 Å². The average Bonchev–Trinajstić information content (AvgIpc) is 3.36. The van der Waals surface area contributed by atoms with Crippen LogP contribution in [0.15, 0.2) is 59.7 Å². The van der Waals surface area contributed by atoms with E-state index in [-0.39, 0.29) is 42.0 Å². The standard InChI is InChI=1S/C25H22FN7O6/c1-36-17-12-18(20(26)19(13-17)38-10-11-39-25(35)37-2)21(30-16-6-4-15(14-27)5-7-16)22-31-24(34)33(32-22)23-28-8-3-9-29-23/h3-9,12-13,21,30H,10-11H2,1-2H3,(H,31,32,34). The molecule has 1 unspecified atom stereocenters. The van der Waals surface area contributed by atoms with E-state index in [2.05, 4.69) is 30.1 Å². The molecule has 0 spiro atoms. The molecule has 0 aliphatic carbocycles. The van der Waals surface area contributed by atoms with Gasteiger partial charge in [0.15, 0.2) is 17.4 Å². The summed E-state index contributed by atoms with van der Waals surface area (Å²) in [6.07, 6.45) is 1.99. The highest BCUT2D eigenvalue weighted by atomic mass is 19.1. The number of anilines is 1. The molecule has 39 heavy (non-hydrogen) atoms. The van der Waals surface area contributed by atoms with Crippen LogP contribution < -0.4 is 20.5 Å². The molecule has 0 saturated heterocycles. The number of methoxy groups -OCH3 is 2. The van der Waals surface area contributed by atoms with Crippen molar-refractivity contribution in [1.29, 1.82) is 5.26 Å². The van der Waals surface area contributed by atoms with Crippen LogP contribution in [0.3, 0.4) is 0 Å². The van der Waals surface area contributed by atoms with Gasteiger partial charge >= 0.3 is 11.8 Å². The van der Waals surface area contributed by atoms with E-state index in [1.165, 1.54) is 31.6 Å². The van der Waals surface area contributed by atoms with Crippen LogP contribution in [0.1, 0.15) is 23.0 Å². The highest BCUT2D eigenvalue weighted by Gasteiger charge is 2.27. The molecule has 0 bridgehead atoms. The maximum atomic E-state index is 15.9. The predicted octanol–water partition coefficient (Wildman–Crippen LogP) is 2.73. The van der Waals surface area contributed by atoms with Crippen LogP contribution >= 0.6 is 0 Å². The molecule has 0 amide bonds. The second-order valence-electron chi connectivity index (χ2n) is 7.72. The van der Waals surface area contributed by atoms with E-state index >= 15 is 4.39 Å². The largest absolute Gasteiger partial charge is 0.508 e. The first-order valence-electron chi connectivity index (χ1n) is 11.4. The molecule has 2 aromatic heterocycles. The number of nitrogens with zero attached hydrogens (tertiary/aromatic N) is 5. The lowest BCUT2D eigenvalue weighted by molar-refractivity contribution is 0.0611. The summed E-state index contributed by atoms with van der Waals surface area (Å²) in [6.45, 7) is -0.371. The number of benzene rings is 2. The molecule has 2 heterocycles. The number of ether oxygens (including phenoxy) is 4. The smallest absolute Gasteiger partial charge is 0.497 e. The molecule has 0 saturated carbocycles. The molecular formula is C25H22FN7O6. The summed E-state index contributed by atoms with van der Waals surface area (Å²) in [7, 11) is 2.56. The number of hydrogen-bond acceptors (Lipinski definition) is 11. The number of nitriles is 1. The van der Waals surface area contributed by atoms with Crippen molar-refractivity contribution in [3.8, 4) is 23.5 Å². The van der Waals surface area contributed by atoms with Gasteiger partial charge in [-0.25, -0.2) is 23.9 Å². The first-order valence-corrected chi connectivity index (χ1v) is 11.4. The fraction of sp³-hybridized carbons (Fsp3) is 0.200. The third-order valence-electron chi connectivity index (χ3n) is 5.29. The molecule has 14 heteroatoms. The first kappa shape index (κ1) is 26.6. The Bertz CT molecular complexity index is 1530. The van der Waals surface area contributed by atoms with Crippen molar-refractivity contribution in [3.63, 3.8) is 0 Å². The van der Waals surface area contributed by atoms with Crippen LogP contribution in [-0.2, 0) is 9.47 Å². The summed E-state index contributed by atoms with van der Waals surface area (Å²) < 4.78 is 36.8. The minimum Gasteiger partial charge on any atom is -0.497 e. The maximum Gasteiger partial charge on any atom is 0.508 e. The Morgan fingerprint density at radius 1 is 1.18 bits per heavy atom. The zero-order chi connectivity index (χ0) is 27.8. The molecule has 0 fully saturated rings. The Morgan fingerprint density at radius 2 is 1.92 bits per heavy atom. The van der Waals surface area contributed by atoms with Crippen molar-refractivity contribution < 1.29 is 28.1 Å². The quantitative estimate of drug-likeness (QED) is 0.226. The normalized spacial score (nSPS) is 11.2. The van der Waals surface area contributed by atoms with Gasteiger partial charge in [0.25, 0.3) is 5.95 Å². The van der Waals surface area contributed by atoms with Crippen LogP contribution in [0.2, 0.25) is 0 Å². The van der Waals surface area contributed by atoms with Gasteiger partial charge in [0.2, 0.25) is 0 Å². The van der Waals surface area contributed by atoms with E-state index in [0.29, 0.717) is 11.3 Å². The fourth-order valence-electron chi connectivity index (χ4n) is 3.47. The lowest BCUT2D eigenvalue weighted by atomic mass is 10.0. The van der Waals surface area contributed by atoms with Crippen molar-refractivity contribution in [3.05, 3.63) is 88.1 Å². The minimum absolute atomic E-state index is 0.0116. The first-order chi connectivity index (χ1) is 18.9. The van der Waals surface area contributed by atoms with Crippen molar-refractivity contribution in [2.75, 3.05) is 32.8 Å². The summed E-state index contributed by atoms with van der Waals surface area (Å²) in [6, 6.07) is 11.7. The van der Waals surface area contributed by atoms with E-state index in [4.69, 9.17) is 19.5 Å². The van der Waals surface area contributed by atoms with E-state index in [9.17, 15) is 9.59 Å². The van der Waals surface area contributed by atoms with Gasteiger partial charge in [-0.05, 0) is 36.4 Å². The van der Waals surface area contributed by atoms with Gasteiger partial charge in [-0.3, -0.25) is 4.98 Å². The summed E-state index contributed by atoms with van der Waals surface area (Å²) >= 11 is 0. The van der Waals surface area contributed by atoms with Gasteiger partial charge in [-0.15, -0.1) is 9.78 Å². The third-order valence-corrected chi connectivity index (χ3v) is 5.29. The Morgan fingerprint density at radius 3 is 2.59 bits per heavy atom. The van der Waals surface area contributed by atoms with Gasteiger partial charge in [0.1, 0.15) is 25.0 Å². The Labute approximate surface area is 220 Å². The number of carbonyl (C=O) groups is 1. The molecule has 13 nitrogen and oxygen atoms in total. The number of aromatic amines is 1. The van der Waals surface area contributed by atoms with Gasteiger partial charge in [0, 0.05) is 29.7 Å². The monoisotopic (exact) mass is 535 g/mol. The van der Waals surface area contributed by atoms with Crippen molar-refractivity contribution in [2.45, 2.75) is 6.04 Å². The molecule has 2 N–H and O–H groups in total. The summed E-state index contributed by atoms with van der Waals surface area (Å²) in [5, 5.41) is 16.6. The van der Waals surface area contributed by atoms with Crippen LogP contribution in [0.4, 0.5) is 14.9 Å². The second-order valence-corrected chi connectivity index (χ2v) is 7.72. The number of halogens is 1. The van der Waals surface area contributed by atoms with Crippen molar-refractivity contribution in [1.82, 2.24) is 24.7 Å². The van der Waals surface area contributed by atoms with Crippen LogP contribution in [0, 0.1) is 17.1 Å². The molecule has 0 radical (unpaired) electrons. The zero-order valence-electron chi connectivity index (χ0n) is 20.8. The SMILES string of the molecule is COC(=O)OCCOc1cc(OC)cc(C(Nc2ccc(C#N)cc2)c2nn(-c3ncccn3)c(=O)[nH]2)c1F. The Kier molecular flexibility index (Phi) is 8.32. The molecule has 200 valence electrons. The average molecular weight is 535 g/mol. The number of aromatic nitrogens is 5. The predicted molar refractivity (Wildman–Crippen MR) is 133 cm³/mol. The summed E-state index contributed by atoms with van der Waals surface area (Å²) in [5.41, 5.74) is 0.287. The minimum atomic E-state index is -1.07. The summed E-state index contributed by atoms with van der Waals surface area (Å²) in [5.74, 6) is -0.689. The third kappa shape index (κ3) is 6.28. The number of nitrogens with one attached hydrogen (secondary N) is 2. The number of H-pyrrole nitrogens is 1. The number of hydrogen-bond donors (Lipinski definition) is 2. The summed E-state index contributed by atoms with van der Waals surface area (Å²) in [4.78, 5) is 34.6. The van der Waals surface area contributed by atoms with Crippen LogP contribution in [0.25, 0.3) is 5.95 Å². The van der Waals surface area contributed by atoms with E-state index in [0.717, 1.165) is 11.8 Å². The van der Waals surface area contributed by atoms with E-state index in [1.807, 2.05) is 6.07 Å². The molecule has 2 aromatic carbocycles. The second kappa shape index (κ2) is 12.2. The number of carbonyl (C=O) groups excluding carboxylic acids is 1.